The fourth-order valence-electron chi connectivity index (χ4n) is 1.84. The molecule has 0 aliphatic heterocycles. The molecule has 1 aromatic carbocycles. The molecule has 3 rings (SSSR count). The van der Waals surface area contributed by atoms with E-state index in [2.05, 4.69) is 14.7 Å². The first-order valence-electron chi connectivity index (χ1n) is 6.05. The molecule has 0 spiro atoms. The van der Waals surface area contributed by atoms with Crippen molar-refractivity contribution >= 4 is 42.5 Å². The van der Waals surface area contributed by atoms with Crippen LogP contribution in [0, 0.1) is 6.92 Å². The summed E-state index contributed by atoms with van der Waals surface area (Å²) in [5, 5.41) is 0.325. The van der Waals surface area contributed by atoms with Crippen LogP contribution in [0.3, 0.4) is 0 Å². The Kier molecular flexibility index (Phi) is 3.26. The van der Waals surface area contributed by atoms with E-state index in [-0.39, 0.29) is 10.7 Å². The summed E-state index contributed by atoms with van der Waals surface area (Å²) in [5.41, 5.74) is 7.37. The molecule has 2 heterocycles. The van der Waals surface area contributed by atoms with Gasteiger partial charge in [0.1, 0.15) is 5.82 Å². The van der Waals surface area contributed by atoms with E-state index in [0.29, 0.717) is 5.13 Å². The number of sulfonamides is 1. The number of hydrogen-bond donors (Lipinski definition) is 2. The Morgan fingerprint density at radius 2 is 2.05 bits per heavy atom. The average molecular weight is 320 g/mol. The van der Waals surface area contributed by atoms with Crippen LogP contribution in [0.1, 0.15) is 5.56 Å². The molecule has 0 aliphatic rings. The lowest BCUT2D eigenvalue weighted by molar-refractivity contribution is 0.601. The number of fused-ring (bicyclic) bond motifs is 1. The maximum atomic E-state index is 12.3. The molecule has 0 amide bonds. The molecule has 6 nitrogen and oxygen atoms in total. The van der Waals surface area contributed by atoms with Gasteiger partial charge < -0.3 is 5.73 Å². The Morgan fingerprint density at radius 3 is 2.81 bits per heavy atom. The third-order valence-electron chi connectivity index (χ3n) is 2.83. The molecule has 2 aromatic heterocycles. The van der Waals surface area contributed by atoms with Crippen molar-refractivity contribution in [1.82, 2.24) is 9.97 Å². The van der Waals surface area contributed by atoms with E-state index in [1.807, 2.05) is 25.1 Å². The minimum atomic E-state index is -3.72. The van der Waals surface area contributed by atoms with Gasteiger partial charge in [-0.25, -0.2) is 18.4 Å². The Morgan fingerprint density at radius 1 is 1.24 bits per heavy atom. The summed E-state index contributed by atoms with van der Waals surface area (Å²) in [6, 6.07) is 8.46. The highest BCUT2D eigenvalue weighted by Gasteiger charge is 2.17. The second-order valence-corrected chi connectivity index (χ2v) is 7.23. The number of nitrogen functional groups attached to an aromatic ring is 1. The van der Waals surface area contributed by atoms with Crippen molar-refractivity contribution < 1.29 is 8.42 Å². The number of benzene rings is 1. The quantitative estimate of drug-likeness (QED) is 0.772. The van der Waals surface area contributed by atoms with E-state index < -0.39 is 10.0 Å². The molecule has 0 radical (unpaired) electrons. The zero-order valence-electron chi connectivity index (χ0n) is 11.1. The summed E-state index contributed by atoms with van der Waals surface area (Å²) in [7, 11) is -3.72. The number of thiazole rings is 1. The number of anilines is 2. The van der Waals surface area contributed by atoms with Crippen LogP contribution in [0.2, 0.25) is 0 Å². The number of nitrogens with two attached hydrogens (primary N) is 1. The van der Waals surface area contributed by atoms with E-state index in [9.17, 15) is 8.42 Å². The minimum Gasteiger partial charge on any atom is -0.384 e. The Bertz CT molecular complexity index is 919. The topological polar surface area (TPSA) is 98.0 Å². The lowest BCUT2D eigenvalue weighted by atomic mass is 10.2. The zero-order valence-corrected chi connectivity index (χ0v) is 12.7. The first kappa shape index (κ1) is 13.8. The van der Waals surface area contributed by atoms with Crippen LogP contribution in [0.25, 0.3) is 10.2 Å². The smallest absolute Gasteiger partial charge is 0.263 e. The van der Waals surface area contributed by atoms with Crippen LogP contribution in [0.15, 0.2) is 41.4 Å². The first-order valence-corrected chi connectivity index (χ1v) is 8.35. The molecule has 0 fully saturated rings. The first-order chi connectivity index (χ1) is 9.94. The van der Waals surface area contributed by atoms with Crippen molar-refractivity contribution in [1.29, 1.82) is 0 Å². The molecule has 3 N–H and O–H groups in total. The summed E-state index contributed by atoms with van der Waals surface area (Å²) in [6.45, 7) is 1.97. The monoisotopic (exact) mass is 320 g/mol. The fourth-order valence-corrected chi connectivity index (χ4v) is 4.06. The number of pyridine rings is 1. The van der Waals surface area contributed by atoms with E-state index in [4.69, 9.17) is 5.73 Å². The van der Waals surface area contributed by atoms with Crippen LogP contribution in [-0.2, 0) is 10.0 Å². The average Bonchev–Trinajstić information content (AvgIpc) is 2.79. The summed E-state index contributed by atoms with van der Waals surface area (Å²) >= 11 is 1.29. The predicted molar refractivity (Wildman–Crippen MR) is 83.8 cm³/mol. The molecule has 3 aromatic rings. The van der Waals surface area contributed by atoms with E-state index in [1.54, 1.807) is 0 Å². The van der Waals surface area contributed by atoms with Crippen molar-refractivity contribution in [2.75, 3.05) is 10.5 Å². The summed E-state index contributed by atoms with van der Waals surface area (Å²) in [6.07, 6.45) is 1.35. The second-order valence-electron chi connectivity index (χ2n) is 4.51. The van der Waals surface area contributed by atoms with Crippen molar-refractivity contribution in [2.24, 2.45) is 0 Å². The molecule has 21 heavy (non-hydrogen) atoms. The largest absolute Gasteiger partial charge is 0.384 e. The van der Waals surface area contributed by atoms with Crippen LogP contribution < -0.4 is 10.5 Å². The van der Waals surface area contributed by atoms with Gasteiger partial charge in [0.05, 0.1) is 15.1 Å². The van der Waals surface area contributed by atoms with Crippen molar-refractivity contribution in [3.63, 3.8) is 0 Å². The van der Waals surface area contributed by atoms with Gasteiger partial charge in [0, 0.05) is 12.3 Å². The third-order valence-corrected chi connectivity index (χ3v) is 5.23. The highest BCUT2D eigenvalue weighted by molar-refractivity contribution is 7.93. The highest BCUT2D eigenvalue weighted by Crippen LogP contribution is 2.28. The van der Waals surface area contributed by atoms with Crippen LogP contribution in [0.5, 0.6) is 0 Å². The maximum Gasteiger partial charge on any atom is 0.263 e. The van der Waals surface area contributed by atoms with Gasteiger partial charge in [-0.1, -0.05) is 17.4 Å². The summed E-state index contributed by atoms with van der Waals surface area (Å²) in [4.78, 5) is 8.11. The highest BCUT2D eigenvalue weighted by atomic mass is 32.2. The SMILES string of the molecule is Cc1ccc2nc(NS(=O)(=O)c3ccnc(N)c3)sc2c1. The number of aromatic nitrogens is 2. The molecule has 0 saturated heterocycles. The molecule has 0 saturated carbocycles. The molecule has 0 aliphatic carbocycles. The maximum absolute atomic E-state index is 12.3. The van der Waals surface area contributed by atoms with E-state index >= 15 is 0 Å². The number of aryl methyl sites for hydroxylation is 1. The minimum absolute atomic E-state index is 0.0606. The lowest BCUT2D eigenvalue weighted by Gasteiger charge is -2.04. The normalized spacial score (nSPS) is 11.7. The molecule has 108 valence electrons. The Balaban J connectivity index is 1.97. The number of rotatable bonds is 3. The van der Waals surface area contributed by atoms with Gasteiger partial charge in [0.15, 0.2) is 5.13 Å². The fraction of sp³-hybridized carbons (Fsp3) is 0.0769. The zero-order chi connectivity index (χ0) is 15.0. The van der Waals surface area contributed by atoms with Crippen LogP contribution >= 0.6 is 11.3 Å². The molecule has 0 atom stereocenters. The van der Waals surface area contributed by atoms with Gasteiger partial charge >= 0.3 is 0 Å². The van der Waals surface area contributed by atoms with Gasteiger partial charge in [-0.05, 0) is 30.7 Å². The molecule has 8 heteroatoms. The number of hydrogen-bond acceptors (Lipinski definition) is 6. The molecule has 0 unspecified atom stereocenters. The summed E-state index contributed by atoms with van der Waals surface area (Å²) in [5.74, 6) is 0.151. The van der Waals surface area contributed by atoms with Crippen molar-refractivity contribution in [2.45, 2.75) is 11.8 Å². The van der Waals surface area contributed by atoms with Gasteiger partial charge in [0.2, 0.25) is 0 Å². The summed E-state index contributed by atoms with van der Waals surface area (Å²) < 4.78 is 27.9. The standard InChI is InChI=1S/C13H12N4O2S2/c1-8-2-3-10-11(6-8)20-13(16-10)17-21(18,19)9-4-5-15-12(14)7-9/h2-7H,1H3,(H2,14,15)(H,16,17). The van der Waals surface area contributed by atoms with E-state index in [1.165, 1.54) is 29.7 Å². The predicted octanol–water partition coefficient (Wildman–Crippen LogP) is 2.38. The lowest BCUT2D eigenvalue weighted by Crippen LogP contribution is -2.13. The van der Waals surface area contributed by atoms with Gasteiger partial charge in [-0.3, -0.25) is 4.72 Å². The Hall–Kier alpha value is -2.19. The van der Waals surface area contributed by atoms with Crippen LogP contribution in [0.4, 0.5) is 10.9 Å². The second kappa shape index (κ2) is 4.97. The van der Waals surface area contributed by atoms with Crippen molar-refractivity contribution in [3.8, 4) is 0 Å². The molecular formula is C13H12N4O2S2. The molecular weight excluding hydrogens is 308 g/mol. The van der Waals surface area contributed by atoms with Gasteiger partial charge in [0.25, 0.3) is 10.0 Å². The van der Waals surface area contributed by atoms with E-state index in [0.717, 1.165) is 15.8 Å². The third kappa shape index (κ3) is 2.81. The number of nitrogens with zero attached hydrogens (tertiary/aromatic N) is 2. The van der Waals surface area contributed by atoms with Crippen LogP contribution in [-0.4, -0.2) is 18.4 Å². The Labute approximate surface area is 125 Å². The van der Waals surface area contributed by atoms with Gasteiger partial charge in [-0.15, -0.1) is 0 Å². The number of nitrogens with one attached hydrogen (secondary N) is 1. The van der Waals surface area contributed by atoms with Crippen molar-refractivity contribution in [3.05, 3.63) is 42.1 Å². The molecule has 0 bridgehead atoms. The van der Waals surface area contributed by atoms with Gasteiger partial charge in [-0.2, -0.15) is 0 Å².